The van der Waals surface area contributed by atoms with Gasteiger partial charge in [-0.05, 0) is 42.9 Å². The SMILES string of the molecule is CSc1ccc(C2CCC(c3ccccc3Br)=N2)cc1. The van der Waals surface area contributed by atoms with Crippen molar-refractivity contribution in [1.82, 2.24) is 0 Å². The minimum absolute atomic E-state index is 0.313. The lowest BCUT2D eigenvalue weighted by atomic mass is 10.0. The van der Waals surface area contributed by atoms with Crippen LogP contribution in [0.1, 0.15) is 30.0 Å². The van der Waals surface area contributed by atoms with Crippen LogP contribution in [0.4, 0.5) is 0 Å². The number of thioether (sulfide) groups is 1. The first-order valence-corrected chi connectivity index (χ1v) is 8.75. The molecule has 0 spiro atoms. The fourth-order valence-electron chi connectivity index (χ4n) is 2.56. The molecule has 1 atom stereocenters. The monoisotopic (exact) mass is 345 g/mol. The van der Waals surface area contributed by atoms with Crippen LogP contribution in [-0.2, 0) is 0 Å². The van der Waals surface area contributed by atoms with E-state index in [9.17, 15) is 0 Å². The van der Waals surface area contributed by atoms with E-state index < -0.39 is 0 Å². The number of rotatable bonds is 3. The maximum Gasteiger partial charge on any atom is 0.0756 e. The molecule has 3 rings (SSSR count). The summed E-state index contributed by atoms with van der Waals surface area (Å²) < 4.78 is 1.14. The minimum Gasteiger partial charge on any atom is -0.281 e. The van der Waals surface area contributed by atoms with Crippen LogP contribution in [0.2, 0.25) is 0 Å². The van der Waals surface area contributed by atoms with Crippen molar-refractivity contribution in [2.45, 2.75) is 23.8 Å². The first kappa shape index (κ1) is 13.9. The van der Waals surface area contributed by atoms with Gasteiger partial charge in [-0.3, -0.25) is 4.99 Å². The Morgan fingerprint density at radius 1 is 1.10 bits per heavy atom. The van der Waals surface area contributed by atoms with Crippen molar-refractivity contribution < 1.29 is 0 Å². The fraction of sp³-hybridized carbons (Fsp3) is 0.235. The average molecular weight is 346 g/mol. The molecule has 3 heteroatoms. The molecule has 1 heterocycles. The quantitative estimate of drug-likeness (QED) is 0.669. The standard InChI is InChI=1S/C17H16BrNS/c1-20-13-8-6-12(7-9-13)16-10-11-17(19-16)14-4-2-3-5-15(14)18/h2-9,16H,10-11H2,1H3. The van der Waals surface area contributed by atoms with E-state index in [1.807, 2.05) is 6.07 Å². The molecule has 0 saturated carbocycles. The number of hydrogen-bond donors (Lipinski definition) is 0. The summed E-state index contributed by atoms with van der Waals surface area (Å²) in [7, 11) is 0. The van der Waals surface area contributed by atoms with E-state index >= 15 is 0 Å². The van der Waals surface area contributed by atoms with Crippen molar-refractivity contribution in [2.75, 3.05) is 6.26 Å². The molecule has 1 aliphatic heterocycles. The van der Waals surface area contributed by atoms with Crippen LogP contribution in [0.5, 0.6) is 0 Å². The van der Waals surface area contributed by atoms with Crippen molar-refractivity contribution in [2.24, 2.45) is 4.99 Å². The lowest BCUT2D eigenvalue weighted by Crippen LogP contribution is -1.96. The Hall–Kier alpha value is -1.06. The molecule has 0 bridgehead atoms. The Kier molecular flexibility index (Phi) is 4.27. The molecule has 0 aromatic heterocycles. The van der Waals surface area contributed by atoms with Crippen LogP contribution in [0.15, 0.2) is 62.9 Å². The zero-order valence-electron chi connectivity index (χ0n) is 11.3. The molecule has 0 amide bonds. The summed E-state index contributed by atoms with van der Waals surface area (Å²) in [6.07, 6.45) is 4.26. The van der Waals surface area contributed by atoms with E-state index in [0.717, 1.165) is 17.3 Å². The molecule has 2 aromatic rings. The van der Waals surface area contributed by atoms with Crippen molar-refractivity contribution in [1.29, 1.82) is 0 Å². The highest BCUT2D eigenvalue weighted by Gasteiger charge is 2.21. The topological polar surface area (TPSA) is 12.4 Å². The predicted molar refractivity (Wildman–Crippen MR) is 90.9 cm³/mol. The second-order valence-electron chi connectivity index (χ2n) is 4.88. The molecule has 20 heavy (non-hydrogen) atoms. The van der Waals surface area contributed by atoms with Crippen molar-refractivity contribution in [3.05, 3.63) is 64.1 Å². The van der Waals surface area contributed by atoms with Crippen LogP contribution in [0.3, 0.4) is 0 Å². The summed E-state index contributed by atoms with van der Waals surface area (Å²) in [4.78, 5) is 6.23. The molecule has 0 fully saturated rings. The van der Waals surface area contributed by atoms with Gasteiger partial charge >= 0.3 is 0 Å². The third kappa shape index (κ3) is 2.84. The van der Waals surface area contributed by atoms with E-state index in [1.54, 1.807) is 11.8 Å². The highest BCUT2D eigenvalue weighted by Crippen LogP contribution is 2.33. The minimum atomic E-state index is 0.313. The normalized spacial score (nSPS) is 18.1. The summed E-state index contributed by atoms with van der Waals surface area (Å²) in [5.41, 5.74) is 3.78. The van der Waals surface area contributed by atoms with Gasteiger partial charge in [0.2, 0.25) is 0 Å². The van der Waals surface area contributed by atoms with E-state index in [1.165, 1.54) is 21.7 Å². The van der Waals surface area contributed by atoms with E-state index in [2.05, 4.69) is 64.7 Å². The van der Waals surface area contributed by atoms with Gasteiger partial charge in [0.25, 0.3) is 0 Å². The van der Waals surface area contributed by atoms with Crippen LogP contribution < -0.4 is 0 Å². The molecule has 1 unspecified atom stereocenters. The van der Waals surface area contributed by atoms with Gasteiger partial charge in [0.05, 0.1) is 6.04 Å². The van der Waals surface area contributed by atoms with Crippen LogP contribution in [-0.4, -0.2) is 12.0 Å². The zero-order chi connectivity index (χ0) is 13.9. The number of hydrogen-bond acceptors (Lipinski definition) is 2. The van der Waals surface area contributed by atoms with Gasteiger partial charge in [-0.2, -0.15) is 0 Å². The molecule has 2 aromatic carbocycles. The van der Waals surface area contributed by atoms with E-state index in [-0.39, 0.29) is 0 Å². The van der Waals surface area contributed by atoms with Gasteiger partial charge in [0.15, 0.2) is 0 Å². The molecular formula is C17H16BrNS. The molecule has 1 aliphatic rings. The fourth-order valence-corrected chi connectivity index (χ4v) is 3.48. The molecular weight excluding hydrogens is 330 g/mol. The second-order valence-corrected chi connectivity index (χ2v) is 6.62. The summed E-state index contributed by atoms with van der Waals surface area (Å²) >= 11 is 5.40. The van der Waals surface area contributed by atoms with Gasteiger partial charge in [-0.25, -0.2) is 0 Å². The smallest absolute Gasteiger partial charge is 0.0756 e. The largest absolute Gasteiger partial charge is 0.281 e. The molecule has 0 N–H and O–H groups in total. The average Bonchev–Trinajstić information content (AvgIpc) is 2.97. The van der Waals surface area contributed by atoms with Crippen molar-refractivity contribution in [3.63, 3.8) is 0 Å². The number of aliphatic imine (C=N–C) groups is 1. The Morgan fingerprint density at radius 3 is 2.55 bits per heavy atom. The Balaban J connectivity index is 1.85. The highest BCUT2D eigenvalue weighted by atomic mass is 79.9. The molecule has 0 radical (unpaired) electrons. The number of nitrogens with zero attached hydrogens (tertiary/aromatic N) is 1. The first-order valence-electron chi connectivity index (χ1n) is 6.73. The van der Waals surface area contributed by atoms with Crippen molar-refractivity contribution in [3.8, 4) is 0 Å². The van der Waals surface area contributed by atoms with Gasteiger partial charge in [0.1, 0.15) is 0 Å². The summed E-state index contributed by atoms with van der Waals surface area (Å²) in [6.45, 7) is 0. The third-order valence-corrected chi connectivity index (χ3v) is 5.09. The maximum absolute atomic E-state index is 4.92. The Morgan fingerprint density at radius 2 is 1.85 bits per heavy atom. The lowest BCUT2D eigenvalue weighted by Gasteiger charge is -2.07. The summed E-state index contributed by atoms with van der Waals surface area (Å²) in [6, 6.07) is 17.4. The number of benzene rings is 2. The molecule has 102 valence electrons. The molecule has 0 saturated heterocycles. The molecule has 1 nitrogen and oxygen atoms in total. The predicted octanol–water partition coefficient (Wildman–Crippen LogP) is 5.50. The van der Waals surface area contributed by atoms with Crippen LogP contribution in [0.25, 0.3) is 0 Å². The second kappa shape index (κ2) is 6.15. The third-order valence-electron chi connectivity index (χ3n) is 3.65. The lowest BCUT2D eigenvalue weighted by molar-refractivity contribution is 0.722. The van der Waals surface area contributed by atoms with Gasteiger partial charge in [-0.1, -0.05) is 46.3 Å². The van der Waals surface area contributed by atoms with Crippen LogP contribution in [0, 0.1) is 0 Å². The van der Waals surface area contributed by atoms with E-state index in [4.69, 9.17) is 4.99 Å². The van der Waals surface area contributed by atoms with Crippen LogP contribution >= 0.6 is 27.7 Å². The van der Waals surface area contributed by atoms with E-state index in [0.29, 0.717) is 6.04 Å². The van der Waals surface area contributed by atoms with Gasteiger partial charge < -0.3 is 0 Å². The summed E-state index contributed by atoms with van der Waals surface area (Å²) in [5, 5.41) is 0. The summed E-state index contributed by atoms with van der Waals surface area (Å²) in [5.74, 6) is 0. The highest BCUT2D eigenvalue weighted by molar-refractivity contribution is 9.10. The maximum atomic E-state index is 4.92. The van der Waals surface area contributed by atoms with Crippen molar-refractivity contribution >= 4 is 33.4 Å². The Bertz CT molecular complexity index is 634. The van der Waals surface area contributed by atoms with Gasteiger partial charge in [0, 0.05) is 20.6 Å². The first-order chi connectivity index (χ1) is 9.78. The zero-order valence-corrected chi connectivity index (χ0v) is 13.7. The van der Waals surface area contributed by atoms with Gasteiger partial charge in [-0.15, -0.1) is 11.8 Å². The molecule has 0 aliphatic carbocycles. The Labute approximate surface area is 132 Å². The number of halogens is 1.